The second-order valence-corrected chi connectivity index (χ2v) is 5.17. The van der Waals surface area contributed by atoms with E-state index >= 15 is 0 Å². The van der Waals surface area contributed by atoms with Crippen molar-refractivity contribution in [3.05, 3.63) is 48.3 Å². The molecule has 1 amide bonds. The smallest absolute Gasteiger partial charge is 0.232 e. The topological polar surface area (TPSA) is 38.1 Å². The maximum absolute atomic E-state index is 11.7. The molecule has 5 heteroatoms. The molecule has 0 saturated carbocycles. The molecule has 100 valence electrons. The molecule has 0 radical (unpaired) electrons. The molecule has 0 spiro atoms. The Labute approximate surface area is 117 Å². The van der Waals surface area contributed by atoms with Gasteiger partial charge in [0.05, 0.1) is 11.4 Å². The Morgan fingerprint density at radius 2 is 2.11 bits per heavy atom. The first-order valence-corrected chi connectivity index (χ1v) is 7.42. The number of rotatable bonds is 5. The minimum Gasteiger partial charge on any atom is -0.341 e. The van der Waals surface area contributed by atoms with Crippen LogP contribution >= 0.6 is 11.8 Å². The fraction of sp³-hybridized carbons (Fsp3) is 0.286. The summed E-state index contributed by atoms with van der Waals surface area (Å²) in [5.74, 6) is 0.686. The summed E-state index contributed by atoms with van der Waals surface area (Å²) >= 11 is 1.55. The molecule has 0 saturated heterocycles. The lowest BCUT2D eigenvalue weighted by Crippen LogP contribution is -2.27. The Balaban J connectivity index is 2.01. The third-order valence-corrected chi connectivity index (χ3v) is 3.35. The summed E-state index contributed by atoms with van der Waals surface area (Å²) in [5, 5.41) is 4.18. The second-order valence-electron chi connectivity index (χ2n) is 4.30. The van der Waals surface area contributed by atoms with Gasteiger partial charge in [0.2, 0.25) is 5.91 Å². The summed E-state index contributed by atoms with van der Waals surface area (Å²) in [6, 6.07) is 9.97. The Morgan fingerprint density at radius 3 is 2.68 bits per heavy atom. The number of benzene rings is 1. The van der Waals surface area contributed by atoms with E-state index in [1.807, 2.05) is 54.5 Å². The molecule has 2 rings (SSSR count). The highest BCUT2D eigenvalue weighted by Gasteiger charge is 2.08. The Hall–Kier alpha value is -1.75. The van der Waals surface area contributed by atoms with E-state index in [0.29, 0.717) is 12.3 Å². The van der Waals surface area contributed by atoms with Gasteiger partial charge >= 0.3 is 0 Å². The van der Waals surface area contributed by atoms with Crippen LogP contribution in [0.15, 0.2) is 42.7 Å². The van der Waals surface area contributed by atoms with E-state index in [9.17, 15) is 4.79 Å². The molecular weight excluding hydrogens is 258 g/mol. The van der Waals surface area contributed by atoms with E-state index in [0.717, 1.165) is 11.3 Å². The molecule has 2 aromatic rings. The number of nitrogens with zero attached hydrogens (tertiary/aromatic N) is 3. The fourth-order valence-electron chi connectivity index (χ4n) is 1.77. The largest absolute Gasteiger partial charge is 0.341 e. The predicted molar refractivity (Wildman–Crippen MR) is 78.4 cm³/mol. The fourth-order valence-corrected chi connectivity index (χ4v) is 2.24. The maximum atomic E-state index is 11.7. The van der Waals surface area contributed by atoms with Crippen LogP contribution in [0.3, 0.4) is 0 Å². The Bertz CT molecular complexity index is 522. The monoisotopic (exact) mass is 275 g/mol. The number of carbonyl (C=O) groups excluding carboxylic acids is 1. The van der Waals surface area contributed by atoms with E-state index in [4.69, 9.17) is 0 Å². The van der Waals surface area contributed by atoms with Crippen molar-refractivity contribution < 1.29 is 4.79 Å². The minimum absolute atomic E-state index is 0.156. The third-order valence-electron chi connectivity index (χ3n) is 2.82. The average molecular weight is 275 g/mol. The predicted octanol–water partition coefficient (Wildman–Crippen LogP) is 2.19. The summed E-state index contributed by atoms with van der Waals surface area (Å²) in [4.78, 5) is 13.4. The van der Waals surface area contributed by atoms with Crippen LogP contribution in [-0.2, 0) is 11.3 Å². The van der Waals surface area contributed by atoms with Crippen LogP contribution in [0.5, 0.6) is 0 Å². The molecule has 0 aliphatic carbocycles. The van der Waals surface area contributed by atoms with Crippen LogP contribution < -0.4 is 0 Å². The quantitative estimate of drug-likeness (QED) is 0.839. The van der Waals surface area contributed by atoms with Gasteiger partial charge in [-0.25, -0.2) is 4.68 Å². The number of hydrogen-bond donors (Lipinski definition) is 0. The summed E-state index contributed by atoms with van der Waals surface area (Å²) in [7, 11) is 1.83. The molecule has 0 atom stereocenters. The number of thioether (sulfide) groups is 1. The van der Waals surface area contributed by atoms with E-state index in [2.05, 4.69) is 5.10 Å². The van der Waals surface area contributed by atoms with Crippen molar-refractivity contribution in [1.29, 1.82) is 0 Å². The lowest BCUT2D eigenvalue weighted by molar-refractivity contribution is -0.127. The van der Waals surface area contributed by atoms with Crippen molar-refractivity contribution in [1.82, 2.24) is 14.7 Å². The molecule has 1 aromatic carbocycles. The van der Waals surface area contributed by atoms with E-state index < -0.39 is 0 Å². The summed E-state index contributed by atoms with van der Waals surface area (Å²) in [6.07, 6.45) is 5.59. The highest BCUT2D eigenvalue weighted by atomic mass is 32.2. The highest BCUT2D eigenvalue weighted by molar-refractivity contribution is 7.99. The van der Waals surface area contributed by atoms with E-state index in [1.54, 1.807) is 22.9 Å². The molecule has 0 unspecified atom stereocenters. The second kappa shape index (κ2) is 6.43. The van der Waals surface area contributed by atoms with E-state index in [-0.39, 0.29) is 5.91 Å². The van der Waals surface area contributed by atoms with Gasteiger partial charge in [0.15, 0.2) is 0 Å². The van der Waals surface area contributed by atoms with Gasteiger partial charge in [-0.3, -0.25) is 4.79 Å². The molecule has 0 aliphatic rings. The van der Waals surface area contributed by atoms with Crippen LogP contribution in [0.4, 0.5) is 0 Å². The number of hydrogen-bond acceptors (Lipinski definition) is 3. The van der Waals surface area contributed by atoms with Crippen molar-refractivity contribution in [2.75, 3.05) is 19.1 Å². The first-order valence-electron chi connectivity index (χ1n) is 6.02. The zero-order valence-corrected chi connectivity index (χ0v) is 11.9. The van der Waals surface area contributed by atoms with Gasteiger partial charge in [-0.05, 0) is 30.0 Å². The van der Waals surface area contributed by atoms with Crippen molar-refractivity contribution in [2.24, 2.45) is 0 Å². The molecule has 1 aromatic heterocycles. The summed E-state index contributed by atoms with van der Waals surface area (Å²) < 4.78 is 1.81. The van der Waals surface area contributed by atoms with Crippen molar-refractivity contribution in [3.63, 3.8) is 0 Å². The van der Waals surface area contributed by atoms with Crippen LogP contribution in [0.2, 0.25) is 0 Å². The standard InChI is InChI=1S/C14H17N3OS/c1-16(14(18)11-19-2)10-12-4-6-13(7-5-12)17-9-3-8-15-17/h3-9H,10-11H2,1-2H3. The van der Waals surface area contributed by atoms with Gasteiger partial charge in [0.1, 0.15) is 0 Å². The van der Waals surface area contributed by atoms with Gasteiger partial charge in [-0.2, -0.15) is 16.9 Å². The molecule has 0 aliphatic heterocycles. The van der Waals surface area contributed by atoms with Gasteiger partial charge < -0.3 is 4.90 Å². The average Bonchev–Trinajstić information content (AvgIpc) is 2.94. The summed E-state index contributed by atoms with van der Waals surface area (Å²) in [5.41, 5.74) is 2.14. The van der Waals surface area contributed by atoms with Gasteiger partial charge in [0, 0.05) is 26.0 Å². The van der Waals surface area contributed by atoms with Gasteiger partial charge in [-0.15, -0.1) is 0 Å². The van der Waals surface area contributed by atoms with Gasteiger partial charge in [-0.1, -0.05) is 12.1 Å². The zero-order valence-electron chi connectivity index (χ0n) is 11.1. The third kappa shape index (κ3) is 3.61. The molecule has 0 bridgehead atoms. The lowest BCUT2D eigenvalue weighted by Gasteiger charge is -2.16. The highest BCUT2D eigenvalue weighted by Crippen LogP contribution is 2.10. The lowest BCUT2D eigenvalue weighted by atomic mass is 10.2. The normalized spacial score (nSPS) is 10.4. The molecule has 19 heavy (non-hydrogen) atoms. The van der Waals surface area contributed by atoms with Crippen molar-refractivity contribution >= 4 is 17.7 Å². The van der Waals surface area contributed by atoms with Crippen molar-refractivity contribution in [2.45, 2.75) is 6.54 Å². The first-order chi connectivity index (χ1) is 9.20. The van der Waals surface area contributed by atoms with Crippen molar-refractivity contribution in [3.8, 4) is 5.69 Å². The number of amides is 1. The molecule has 0 fully saturated rings. The SMILES string of the molecule is CSCC(=O)N(C)Cc1ccc(-n2cccn2)cc1. The molecule has 1 heterocycles. The first kappa shape index (κ1) is 13.7. The molecular formula is C14H17N3OS. The van der Waals surface area contributed by atoms with Crippen LogP contribution in [0.1, 0.15) is 5.56 Å². The minimum atomic E-state index is 0.156. The van der Waals surface area contributed by atoms with E-state index in [1.165, 1.54) is 0 Å². The molecule has 0 N–H and O–H groups in total. The zero-order chi connectivity index (χ0) is 13.7. The number of carbonyl (C=O) groups is 1. The molecule has 4 nitrogen and oxygen atoms in total. The summed E-state index contributed by atoms with van der Waals surface area (Å²) in [6.45, 7) is 0.638. The van der Waals surface area contributed by atoms with Crippen LogP contribution in [0.25, 0.3) is 5.69 Å². The Morgan fingerprint density at radius 1 is 1.37 bits per heavy atom. The number of aromatic nitrogens is 2. The van der Waals surface area contributed by atoms with Crippen LogP contribution in [-0.4, -0.2) is 39.6 Å². The Kier molecular flexibility index (Phi) is 4.63. The van der Waals surface area contributed by atoms with Gasteiger partial charge in [0.25, 0.3) is 0 Å². The van der Waals surface area contributed by atoms with Crippen LogP contribution in [0, 0.1) is 0 Å². The maximum Gasteiger partial charge on any atom is 0.232 e.